The summed E-state index contributed by atoms with van der Waals surface area (Å²) in [4.78, 5) is 10.1. The van der Waals surface area contributed by atoms with Crippen LogP contribution in [0.2, 0.25) is 5.02 Å². The lowest BCUT2D eigenvalue weighted by Crippen LogP contribution is -2.12. The second-order valence-electron chi connectivity index (χ2n) is 2.38. The summed E-state index contributed by atoms with van der Waals surface area (Å²) in [5, 5.41) is 10.8. The summed E-state index contributed by atoms with van der Waals surface area (Å²) in [5.74, 6) is -1.58. The van der Waals surface area contributed by atoms with Crippen molar-refractivity contribution in [2.24, 2.45) is 0 Å². The fourth-order valence-electron chi connectivity index (χ4n) is 0.784. The van der Waals surface area contributed by atoms with Gasteiger partial charge in [-0.15, -0.1) is 0 Å². The van der Waals surface area contributed by atoms with Crippen molar-refractivity contribution in [1.29, 1.82) is 0 Å². The number of carbonyl (C=O) groups is 1. The van der Waals surface area contributed by atoms with Gasteiger partial charge in [-0.2, -0.15) is 0 Å². The predicted molar refractivity (Wildman–Crippen MR) is 47.5 cm³/mol. The molecule has 1 rings (SSSR count). The summed E-state index contributed by atoms with van der Waals surface area (Å²) in [6.45, 7) is -0.249. The molecule has 0 aliphatic carbocycles. The van der Waals surface area contributed by atoms with Gasteiger partial charge < -0.3 is 10.4 Å². The fourth-order valence-corrected chi connectivity index (χ4v) is 0.901. The van der Waals surface area contributed by atoms with Crippen molar-refractivity contribution >= 4 is 23.3 Å². The van der Waals surface area contributed by atoms with Crippen LogP contribution >= 0.6 is 11.6 Å². The van der Waals surface area contributed by atoms with E-state index in [1.165, 1.54) is 12.1 Å². The molecular formula is C8H7ClFNO2. The smallest absolute Gasteiger partial charge is 0.322 e. The lowest BCUT2D eigenvalue weighted by atomic mass is 10.3. The molecule has 1 aromatic carbocycles. The molecule has 0 spiro atoms. The van der Waals surface area contributed by atoms with Gasteiger partial charge in [0.05, 0.1) is 5.02 Å². The highest BCUT2D eigenvalue weighted by molar-refractivity contribution is 6.30. The molecule has 3 nitrogen and oxygen atoms in total. The Morgan fingerprint density at radius 1 is 1.62 bits per heavy atom. The lowest BCUT2D eigenvalue weighted by Gasteiger charge is -2.03. The van der Waals surface area contributed by atoms with Crippen molar-refractivity contribution in [2.75, 3.05) is 11.9 Å². The third-order valence-electron chi connectivity index (χ3n) is 1.36. The average Bonchev–Trinajstić information content (AvgIpc) is 2.07. The van der Waals surface area contributed by atoms with Crippen molar-refractivity contribution in [3.63, 3.8) is 0 Å². The van der Waals surface area contributed by atoms with Crippen LogP contribution < -0.4 is 5.32 Å². The van der Waals surface area contributed by atoms with Gasteiger partial charge in [-0.05, 0) is 18.2 Å². The molecule has 5 heteroatoms. The van der Waals surface area contributed by atoms with Crippen LogP contribution in [0.15, 0.2) is 18.2 Å². The van der Waals surface area contributed by atoms with Crippen molar-refractivity contribution < 1.29 is 14.3 Å². The van der Waals surface area contributed by atoms with E-state index in [2.05, 4.69) is 5.32 Å². The average molecular weight is 204 g/mol. The minimum atomic E-state index is -1.00. The molecule has 13 heavy (non-hydrogen) atoms. The monoisotopic (exact) mass is 203 g/mol. The Balaban J connectivity index is 2.68. The molecule has 0 amide bonds. The number of anilines is 1. The van der Waals surface area contributed by atoms with E-state index in [1.54, 1.807) is 0 Å². The molecule has 0 fully saturated rings. The van der Waals surface area contributed by atoms with Gasteiger partial charge in [-0.25, -0.2) is 4.39 Å². The summed E-state index contributed by atoms with van der Waals surface area (Å²) >= 11 is 5.42. The van der Waals surface area contributed by atoms with E-state index in [1.807, 2.05) is 0 Å². The maximum atomic E-state index is 12.8. The first-order valence-corrected chi connectivity index (χ1v) is 3.88. The molecule has 0 saturated carbocycles. The van der Waals surface area contributed by atoms with Crippen LogP contribution in [0.4, 0.5) is 10.1 Å². The quantitative estimate of drug-likeness (QED) is 0.790. The highest BCUT2D eigenvalue weighted by Gasteiger charge is 2.01. The van der Waals surface area contributed by atoms with E-state index in [-0.39, 0.29) is 11.6 Å². The van der Waals surface area contributed by atoms with Crippen molar-refractivity contribution in [1.82, 2.24) is 0 Å². The largest absolute Gasteiger partial charge is 0.480 e. The lowest BCUT2D eigenvalue weighted by molar-refractivity contribution is -0.134. The van der Waals surface area contributed by atoms with E-state index in [0.29, 0.717) is 5.69 Å². The maximum Gasteiger partial charge on any atom is 0.322 e. The number of nitrogens with one attached hydrogen (secondary N) is 1. The summed E-state index contributed by atoms with van der Waals surface area (Å²) in [6.07, 6.45) is 0. The highest BCUT2D eigenvalue weighted by atomic mass is 35.5. The SMILES string of the molecule is O=C(O)CNc1ccc(Cl)c(F)c1. The van der Waals surface area contributed by atoms with Gasteiger partial charge in [0, 0.05) is 5.69 Å². The molecule has 0 atom stereocenters. The number of hydrogen-bond acceptors (Lipinski definition) is 2. The summed E-state index contributed by atoms with van der Waals surface area (Å²) in [7, 11) is 0. The normalized spacial score (nSPS) is 9.69. The van der Waals surface area contributed by atoms with Crippen LogP contribution in [0.5, 0.6) is 0 Å². The molecule has 0 aromatic heterocycles. The third kappa shape index (κ3) is 2.91. The zero-order valence-electron chi connectivity index (χ0n) is 6.55. The summed E-state index contributed by atoms with van der Waals surface area (Å²) in [5.41, 5.74) is 0.393. The highest BCUT2D eigenvalue weighted by Crippen LogP contribution is 2.18. The van der Waals surface area contributed by atoms with Crippen molar-refractivity contribution in [3.8, 4) is 0 Å². The molecule has 0 unspecified atom stereocenters. The molecule has 70 valence electrons. The fraction of sp³-hybridized carbons (Fsp3) is 0.125. The number of benzene rings is 1. The first kappa shape index (κ1) is 9.80. The first-order chi connectivity index (χ1) is 6.09. The summed E-state index contributed by atoms with van der Waals surface area (Å²) < 4.78 is 12.8. The van der Waals surface area contributed by atoms with Crippen molar-refractivity contribution in [2.45, 2.75) is 0 Å². The van der Waals surface area contributed by atoms with Gasteiger partial charge in [0.1, 0.15) is 12.4 Å². The minimum absolute atomic E-state index is 0.0147. The number of halogens is 2. The first-order valence-electron chi connectivity index (χ1n) is 3.50. The minimum Gasteiger partial charge on any atom is -0.480 e. The second-order valence-corrected chi connectivity index (χ2v) is 2.78. The zero-order valence-corrected chi connectivity index (χ0v) is 7.31. The Bertz CT molecular complexity index is 330. The molecule has 0 heterocycles. The van der Waals surface area contributed by atoms with Gasteiger partial charge in [0.2, 0.25) is 0 Å². The summed E-state index contributed by atoms with van der Waals surface area (Å²) in [6, 6.07) is 4.01. The molecule has 1 aromatic rings. The van der Waals surface area contributed by atoms with Crippen LogP contribution in [0.3, 0.4) is 0 Å². The Kier molecular flexibility index (Phi) is 3.08. The maximum absolute atomic E-state index is 12.8. The Labute approximate surface area is 79.1 Å². The molecular weight excluding hydrogens is 197 g/mol. The van der Waals surface area contributed by atoms with E-state index < -0.39 is 11.8 Å². The molecule has 2 N–H and O–H groups in total. The van der Waals surface area contributed by atoms with Crippen LogP contribution in [-0.4, -0.2) is 17.6 Å². The Morgan fingerprint density at radius 3 is 2.85 bits per heavy atom. The van der Waals surface area contributed by atoms with Crippen LogP contribution in [0.25, 0.3) is 0 Å². The number of carboxylic acid groups (broad SMARTS) is 1. The molecule has 0 saturated heterocycles. The van der Waals surface area contributed by atoms with Gasteiger partial charge in [-0.3, -0.25) is 4.79 Å². The van der Waals surface area contributed by atoms with Crippen LogP contribution in [-0.2, 0) is 4.79 Å². The van der Waals surface area contributed by atoms with Crippen LogP contribution in [0, 0.1) is 5.82 Å². The van der Waals surface area contributed by atoms with E-state index in [4.69, 9.17) is 16.7 Å². The second kappa shape index (κ2) is 4.09. The van der Waals surface area contributed by atoms with Crippen molar-refractivity contribution in [3.05, 3.63) is 29.0 Å². The van der Waals surface area contributed by atoms with Gasteiger partial charge in [0.15, 0.2) is 0 Å². The molecule has 0 radical (unpaired) electrons. The van der Waals surface area contributed by atoms with E-state index in [0.717, 1.165) is 6.07 Å². The van der Waals surface area contributed by atoms with Gasteiger partial charge in [0.25, 0.3) is 0 Å². The Morgan fingerprint density at radius 2 is 2.31 bits per heavy atom. The van der Waals surface area contributed by atoms with E-state index >= 15 is 0 Å². The third-order valence-corrected chi connectivity index (χ3v) is 1.67. The Hall–Kier alpha value is -1.29. The molecule has 0 bridgehead atoms. The molecule has 0 aliphatic rings. The molecule has 0 aliphatic heterocycles. The topological polar surface area (TPSA) is 49.3 Å². The standard InChI is InChI=1S/C8H7ClFNO2/c9-6-2-1-5(3-7(6)10)11-4-8(12)13/h1-3,11H,4H2,(H,12,13). The number of carboxylic acids is 1. The zero-order chi connectivity index (χ0) is 9.84. The van der Waals surface area contributed by atoms with E-state index in [9.17, 15) is 9.18 Å². The van der Waals surface area contributed by atoms with Gasteiger partial charge in [-0.1, -0.05) is 11.6 Å². The number of rotatable bonds is 3. The van der Waals surface area contributed by atoms with Crippen LogP contribution in [0.1, 0.15) is 0 Å². The number of aliphatic carboxylic acids is 1. The van der Waals surface area contributed by atoms with Gasteiger partial charge >= 0.3 is 5.97 Å². The number of hydrogen-bond donors (Lipinski definition) is 2. The predicted octanol–water partition coefficient (Wildman–Crippen LogP) is 1.98.